The Morgan fingerprint density at radius 3 is 2.86 bits per heavy atom. The molecule has 2 aromatic heterocycles. The van der Waals surface area contributed by atoms with Crippen molar-refractivity contribution in [2.75, 3.05) is 0 Å². The van der Waals surface area contributed by atoms with E-state index in [-0.39, 0.29) is 12.4 Å². The molecule has 4 rings (SSSR count). The molecule has 0 atom stereocenters. The average molecular weight is 314 g/mol. The van der Waals surface area contributed by atoms with Crippen LogP contribution in [0, 0.1) is 5.82 Å². The summed E-state index contributed by atoms with van der Waals surface area (Å²) >= 11 is 6.02. The maximum Gasteiger partial charge on any atom is 0.159 e. The molecule has 0 bridgehead atoms. The first-order valence-corrected chi connectivity index (χ1v) is 6.97. The highest BCUT2D eigenvalue weighted by atomic mass is 35.5. The number of aliphatic imine (C=N–C) groups is 1. The molecule has 1 aliphatic heterocycles. The summed E-state index contributed by atoms with van der Waals surface area (Å²) in [6.07, 6.45) is 1.59. The molecule has 0 spiro atoms. The van der Waals surface area contributed by atoms with Gasteiger partial charge in [-0.2, -0.15) is 0 Å². The third-order valence-corrected chi connectivity index (χ3v) is 3.66. The lowest BCUT2D eigenvalue weighted by Crippen LogP contribution is -2.11. The van der Waals surface area contributed by atoms with Crippen LogP contribution in [0.5, 0.6) is 0 Å². The summed E-state index contributed by atoms with van der Waals surface area (Å²) in [5, 5.41) is 8.25. The molecule has 0 unspecified atom stereocenters. The van der Waals surface area contributed by atoms with E-state index in [1.165, 1.54) is 6.07 Å². The van der Waals surface area contributed by atoms with Gasteiger partial charge in [-0.25, -0.2) is 9.37 Å². The zero-order chi connectivity index (χ0) is 15.1. The summed E-state index contributed by atoms with van der Waals surface area (Å²) in [5.41, 5.74) is 2.08. The summed E-state index contributed by atoms with van der Waals surface area (Å²) in [7, 11) is 0. The van der Waals surface area contributed by atoms with Gasteiger partial charge in [0.05, 0.1) is 11.4 Å². The topological polar surface area (TPSA) is 56.0 Å². The van der Waals surface area contributed by atoms with Crippen molar-refractivity contribution in [3.05, 3.63) is 70.8 Å². The second-order valence-electron chi connectivity index (χ2n) is 4.76. The van der Waals surface area contributed by atoms with E-state index in [1.54, 1.807) is 41.2 Å². The van der Waals surface area contributed by atoms with Crippen molar-refractivity contribution in [1.29, 1.82) is 0 Å². The maximum absolute atomic E-state index is 14.2. The number of rotatable bonds is 1. The molecular formula is C15H9ClFN5. The van der Waals surface area contributed by atoms with Crippen LogP contribution in [0.25, 0.3) is 5.69 Å². The molecule has 0 fully saturated rings. The first-order chi connectivity index (χ1) is 10.7. The summed E-state index contributed by atoms with van der Waals surface area (Å²) in [5.74, 6) is 0.309. The molecule has 7 heteroatoms. The van der Waals surface area contributed by atoms with Gasteiger partial charge in [-0.05, 0) is 24.3 Å². The van der Waals surface area contributed by atoms with Crippen LogP contribution >= 0.6 is 11.6 Å². The zero-order valence-corrected chi connectivity index (χ0v) is 12.0. The van der Waals surface area contributed by atoms with Gasteiger partial charge in [0.1, 0.15) is 29.5 Å². The van der Waals surface area contributed by atoms with Gasteiger partial charge in [-0.3, -0.25) is 9.56 Å². The molecule has 0 saturated heterocycles. The monoisotopic (exact) mass is 313 g/mol. The van der Waals surface area contributed by atoms with E-state index in [9.17, 15) is 4.39 Å². The lowest BCUT2D eigenvalue weighted by molar-refractivity contribution is 0.625. The SMILES string of the molecule is Fc1ccccc1C1=NCc2nncn2-c2ccc(Cl)nc21. The van der Waals surface area contributed by atoms with E-state index < -0.39 is 0 Å². The third kappa shape index (κ3) is 2.00. The number of aromatic nitrogens is 4. The van der Waals surface area contributed by atoms with Crippen LogP contribution in [0.2, 0.25) is 5.15 Å². The normalized spacial score (nSPS) is 13.1. The quantitative estimate of drug-likeness (QED) is 0.649. The predicted molar refractivity (Wildman–Crippen MR) is 79.9 cm³/mol. The highest BCUT2D eigenvalue weighted by Crippen LogP contribution is 2.25. The van der Waals surface area contributed by atoms with Crippen LogP contribution in [0.4, 0.5) is 4.39 Å². The van der Waals surface area contributed by atoms with Gasteiger partial charge in [0, 0.05) is 5.56 Å². The van der Waals surface area contributed by atoms with Gasteiger partial charge in [-0.15, -0.1) is 10.2 Å². The van der Waals surface area contributed by atoms with Crippen LogP contribution in [-0.4, -0.2) is 25.5 Å². The Morgan fingerprint density at radius 1 is 1.14 bits per heavy atom. The van der Waals surface area contributed by atoms with Gasteiger partial charge < -0.3 is 0 Å². The number of hydrogen-bond donors (Lipinski definition) is 0. The van der Waals surface area contributed by atoms with Crippen molar-refractivity contribution in [1.82, 2.24) is 19.7 Å². The van der Waals surface area contributed by atoms with Crippen LogP contribution in [0.1, 0.15) is 17.1 Å². The predicted octanol–water partition coefficient (Wildman–Crippen LogP) is 2.81. The fourth-order valence-electron chi connectivity index (χ4n) is 2.46. The van der Waals surface area contributed by atoms with Crippen molar-refractivity contribution in [3.63, 3.8) is 0 Å². The summed E-state index contributed by atoms with van der Waals surface area (Å²) in [4.78, 5) is 8.83. The first kappa shape index (κ1) is 13.1. The van der Waals surface area contributed by atoms with Crippen LogP contribution in [-0.2, 0) is 6.54 Å². The third-order valence-electron chi connectivity index (χ3n) is 3.45. The number of pyridine rings is 1. The molecule has 0 aliphatic carbocycles. The molecule has 108 valence electrons. The Bertz CT molecular complexity index is 902. The van der Waals surface area contributed by atoms with Crippen LogP contribution < -0.4 is 0 Å². The lowest BCUT2D eigenvalue weighted by atomic mass is 10.0. The average Bonchev–Trinajstić information content (AvgIpc) is 2.92. The van der Waals surface area contributed by atoms with Crippen LogP contribution in [0.15, 0.2) is 47.7 Å². The second kappa shape index (κ2) is 4.99. The van der Waals surface area contributed by atoms with E-state index in [0.29, 0.717) is 27.9 Å². The number of halogens is 2. The lowest BCUT2D eigenvalue weighted by Gasteiger charge is -2.11. The second-order valence-corrected chi connectivity index (χ2v) is 5.15. The zero-order valence-electron chi connectivity index (χ0n) is 11.2. The van der Waals surface area contributed by atoms with Gasteiger partial charge in [0.15, 0.2) is 5.82 Å². The molecule has 0 amide bonds. The van der Waals surface area contributed by atoms with E-state index in [4.69, 9.17) is 11.6 Å². The van der Waals surface area contributed by atoms with Gasteiger partial charge in [0.25, 0.3) is 0 Å². The van der Waals surface area contributed by atoms with Gasteiger partial charge in [-0.1, -0.05) is 23.7 Å². The minimum Gasteiger partial charge on any atom is -0.282 e. The van der Waals surface area contributed by atoms with Gasteiger partial charge in [0.2, 0.25) is 0 Å². The van der Waals surface area contributed by atoms with E-state index in [0.717, 1.165) is 5.69 Å². The molecule has 3 aromatic rings. The standard InChI is InChI=1S/C15H9ClFN5/c16-12-6-5-11-15(20-12)14(9-3-1-2-4-10(9)17)18-7-13-21-19-8-22(11)13/h1-6,8H,7H2. The molecule has 1 aromatic carbocycles. The Kier molecular flexibility index (Phi) is 2.97. The van der Waals surface area contributed by atoms with Crippen molar-refractivity contribution >= 4 is 17.3 Å². The molecule has 0 saturated carbocycles. The van der Waals surface area contributed by atoms with E-state index in [1.807, 2.05) is 0 Å². The van der Waals surface area contributed by atoms with Crippen LogP contribution in [0.3, 0.4) is 0 Å². The smallest absolute Gasteiger partial charge is 0.159 e. The minimum absolute atomic E-state index is 0.289. The van der Waals surface area contributed by atoms with Crippen molar-refractivity contribution in [2.45, 2.75) is 6.54 Å². The Labute approximate surface area is 130 Å². The molecular weight excluding hydrogens is 305 g/mol. The fraction of sp³-hybridized carbons (Fsp3) is 0.0667. The highest BCUT2D eigenvalue weighted by molar-refractivity contribution is 6.29. The molecule has 0 radical (unpaired) electrons. The Morgan fingerprint density at radius 2 is 2.00 bits per heavy atom. The van der Waals surface area contributed by atoms with Gasteiger partial charge >= 0.3 is 0 Å². The van der Waals surface area contributed by atoms with E-state index in [2.05, 4.69) is 20.2 Å². The highest BCUT2D eigenvalue weighted by Gasteiger charge is 2.22. The largest absolute Gasteiger partial charge is 0.282 e. The number of hydrogen-bond acceptors (Lipinski definition) is 4. The first-order valence-electron chi connectivity index (χ1n) is 6.59. The Balaban J connectivity index is 2.01. The van der Waals surface area contributed by atoms with Crippen molar-refractivity contribution in [3.8, 4) is 5.69 Å². The summed E-state index contributed by atoms with van der Waals surface area (Å²) in [6.45, 7) is 0.289. The van der Waals surface area contributed by atoms with Crippen molar-refractivity contribution < 1.29 is 4.39 Å². The minimum atomic E-state index is -0.355. The number of fused-ring (bicyclic) bond motifs is 3. The number of benzene rings is 1. The molecule has 1 aliphatic rings. The summed E-state index contributed by atoms with van der Waals surface area (Å²) < 4.78 is 16.0. The van der Waals surface area contributed by atoms with Crippen molar-refractivity contribution in [2.24, 2.45) is 4.99 Å². The van der Waals surface area contributed by atoms with E-state index >= 15 is 0 Å². The Hall–Kier alpha value is -2.60. The molecule has 0 N–H and O–H groups in total. The molecule has 3 heterocycles. The molecule has 5 nitrogen and oxygen atoms in total. The maximum atomic E-state index is 14.2. The fourth-order valence-corrected chi connectivity index (χ4v) is 2.60. The summed E-state index contributed by atoms with van der Waals surface area (Å²) in [6, 6.07) is 9.95. The number of nitrogens with zero attached hydrogens (tertiary/aromatic N) is 5. The molecule has 22 heavy (non-hydrogen) atoms.